The number of nitrogens with two attached hydrogens (primary N) is 1. The third-order valence-corrected chi connectivity index (χ3v) is 3.32. The number of nitrogens with zero attached hydrogens (tertiary/aromatic N) is 3. The first-order valence-corrected chi connectivity index (χ1v) is 6.22. The van der Waals surface area contributed by atoms with E-state index in [0.29, 0.717) is 10.3 Å². The smallest absolute Gasteiger partial charge is 0.289 e. The van der Waals surface area contributed by atoms with Crippen molar-refractivity contribution >= 4 is 23.0 Å². The Balaban J connectivity index is 2.15. The molecule has 0 unspecified atom stereocenters. The minimum Gasteiger partial charge on any atom is -0.618 e. The standard InChI is InChI=1S/C14H12N4O2/c1-2-8-3-5-9(6-4-8)11-13(19)10-12(18(11)20)14(15)17-7-16-10/h3-7H,2H2,1H3,(H2,15,16,17). The molecule has 6 nitrogen and oxygen atoms in total. The van der Waals surface area contributed by atoms with Crippen molar-refractivity contribution in [3.05, 3.63) is 52.6 Å². The van der Waals surface area contributed by atoms with E-state index in [1.807, 2.05) is 19.1 Å². The van der Waals surface area contributed by atoms with Crippen LogP contribution in [0.2, 0.25) is 0 Å². The fourth-order valence-corrected chi connectivity index (χ4v) is 2.22. The van der Waals surface area contributed by atoms with Crippen LogP contribution in [0.25, 0.3) is 0 Å². The average molecular weight is 268 g/mol. The van der Waals surface area contributed by atoms with Crippen LogP contribution in [0.5, 0.6) is 0 Å². The Labute approximate surface area is 115 Å². The number of Topliss-reactive ketones (excluding diaryl/α,β-unsaturated/α-hetero) is 1. The van der Waals surface area contributed by atoms with Crippen LogP contribution in [0.15, 0.2) is 30.6 Å². The Morgan fingerprint density at radius 2 is 1.95 bits per heavy atom. The molecule has 3 rings (SSSR count). The van der Waals surface area contributed by atoms with E-state index in [1.54, 1.807) is 12.1 Å². The van der Waals surface area contributed by atoms with Gasteiger partial charge in [-0.15, -0.1) is 0 Å². The summed E-state index contributed by atoms with van der Waals surface area (Å²) < 4.78 is 0.522. The minimum absolute atomic E-state index is 0.0125. The maximum atomic E-state index is 12.3. The fourth-order valence-electron chi connectivity index (χ4n) is 2.22. The SMILES string of the molecule is CCc1ccc(C2=[N+]([O-])c3c(N)ncnc3C2=O)cc1. The van der Waals surface area contributed by atoms with Gasteiger partial charge in [-0.2, -0.15) is 4.74 Å². The monoisotopic (exact) mass is 268 g/mol. The zero-order valence-corrected chi connectivity index (χ0v) is 10.8. The third kappa shape index (κ3) is 1.65. The molecule has 0 atom stereocenters. The van der Waals surface area contributed by atoms with Gasteiger partial charge in [0.1, 0.15) is 6.33 Å². The van der Waals surface area contributed by atoms with Crippen molar-refractivity contribution in [2.45, 2.75) is 13.3 Å². The third-order valence-electron chi connectivity index (χ3n) is 3.32. The number of hydrogen-bond donors (Lipinski definition) is 1. The largest absolute Gasteiger partial charge is 0.618 e. The highest BCUT2D eigenvalue weighted by Crippen LogP contribution is 2.30. The van der Waals surface area contributed by atoms with Gasteiger partial charge in [0.25, 0.3) is 17.2 Å². The van der Waals surface area contributed by atoms with Gasteiger partial charge in [-0.1, -0.05) is 19.1 Å². The molecule has 0 bridgehead atoms. The van der Waals surface area contributed by atoms with Crippen LogP contribution in [0.1, 0.15) is 28.5 Å². The number of aryl methyl sites for hydroxylation is 1. The Morgan fingerprint density at radius 3 is 2.55 bits per heavy atom. The number of ketones is 1. The number of nitrogen functional groups attached to an aromatic ring is 1. The van der Waals surface area contributed by atoms with E-state index in [4.69, 9.17) is 5.73 Å². The summed E-state index contributed by atoms with van der Waals surface area (Å²) >= 11 is 0. The number of hydrogen-bond acceptors (Lipinski definition) is 5. The molecular weight excluding hydrogens is 256 g/mol. The van der Waals surface area contributed by atoms with Crippen molar-refractivity contribution in [3.63, 3.8) is 0 Å². The van der Waals surface area contributed by atoms with Crippen LogP contribution in [0.3, 0.4) is 0 Å². The van der Waals surface area contributed by atoms with Gasteiger partial charge in [-0.3, -0.25) is 4.79 Å². The Kier molecular flexibility index (Phi) is 2.71. The van der Waals surface area contributed by atoms with Gasteiger partial charge in [0.05, 0.1) is 5.56 Å². The molecule has 0 amide bonds. The van der Waals surface area contributed by atoms with Gasteiger partial charge in [0.2, 0.25) is 5.82 Å². The fraction of sp³-hybridized carbons (Fsp3) is 0.143. The molecule has 1 aromatic heterocycles. The van der Waals surface area contributed by atoms with E-state index in [2.05, 4.69) is 9.97 Å². The van der Waals surface area contributed by atoms with Gasteiger partial charge < -0.3 is 10.9 Å². The molecule has 0 spiro atoms. The van der Waals surface area contributed by atoms with E-state index in [-0.39, 0.29) is 22.9 Å². The van der Waals surface area contributed by atoms with Crippen LogP contribution in [-0.4, -0.2) is 26.2 Å². The van der Waals surface area contributed by atoms with Crippen molar-refractivity contribution in [2.24, 2.45) is 0 Å². The average Bonchev–Trinajstić information content (AvgIpc) is 2.72. The number of carbonyl (C=O) groups excluding carboxylic acids is 1. The van der Waals surface area contributed by atoms with Gasteiger partial charge in [-0.05, 0) is 24.1 Å². The summed E-state index contributed by atoms with van der Waals surface area (Å²) in [4.78, 5) is 19.9. The molecule has 6 heteroatoms. The van der Waals surface area contributed by atoms with Crippen LogP contribution >= 0.6 is 0 Å². The summed E-state index contributed by atoms with van der Waals surface area (Å²) in [5.41, 5.74) is 7.47. The zero-order valence-electron chi connectivity index (χ0n) is 10.8. The molecule has 2 heterocycles. The molecule has 2 N–H and O–H groups in total. The summed E-state index contributed by atoms with van der Waals surface area (Å²) in [6, 6.07) is 7.29. The number of rotatable bonds is 2. The molecule has 0 fully saturated rings. The lowest BCUT2D eigenvalue weighted by Gasteiger charge is -2.03. The Bertz CT molecular complexity index is 735. The maximum absolute atomic E-state index is 12.3. The molecule has 1 aromatic carbocycles. The lowest BCUT2D eigenvalue weighted by molar-refractivity contribution is -0.355. The zero-order chi connectivity index (χ0) is 14.3. The van der Waals surface area contributed by atoms with E-state index < -0.39 is 5.78 Å². The van der Waals surface area contributed by atoms with Crippen LogP contribution in [0.4, 0.5) is 11.5 Å². The number of benzene rings is 1. The lowest BCUT2D eigenvalue weighted by atomic mass is 10.0. The molecule has 1 aliphatic heterocycles. The molecule has 0 saturated carbocycles. The molecule has 0 aliphatic carbocycles. The van der Waals surface area contributed by atoms with Crippen molar-refractivity contribution in [3.8, 4) is 0 Å². The summed E-state index contributed by atoms with van der Waals surface area (Å²) in [7, 11) is 0. The van der Waals surface area contributed by atoms with Crippen LogP contribution in [-0.2, 0) is 6.42 Å². The highest BCUT2D eigenvalue weighted by molar-refractivity contribution is 6.51. The van der Waals surface area contributed by atoms with Crippen LogP contribution in [0, 0.1) is 5.21 Å². The van der Waals surface area contributed by atoms with Crippen molar-refractivity contribution in [1.82, 2.24) is 9.97 Å². The van der Waals surface area contributed by atoms with Gasteiger partial charge in [0, 0.05) is 0 Å². The van der Waals surface area contributed by atoms with Crippen molar-refractivity contribution < 1.29 is 9.53 Å². The summed E-state index contributed by atoms with van der Waals surface area (Å²) in [6.07, 6.45) is 2.08. The first kappa shape index (κ1) is 12.3. The van der Waals surface area contributed by atoms with Crippen molar-refractivity contribution in [2.75, 3.05) is 5.73 Å². The molecule has 100 valence electrons. The van der Waals surface area contributed by atoms with Crippen molar-refractivity contribution in [1.29, 1.82) is 0 Å². The van der Waals surface area contributed by atoms with E-state index >= 15 is 0 Å². The second-order valence-electron chi connectivity index (χ2n) is 4.48. The number of aromatic nitrogens is 2. The molecule has 1 aliphatic rings. The molecule has 0 radical (unpaired) electrons. The second-order valence-corrected chi connectivity index (χ2v) is 4.48. The summed E-state index contributed by atoms with van der Waals surface area (Å²) in [5, 5.41) is 12.3. The maximum Gasteiger partial charge on any atom is 0.289 e. The van der Waals surface area contributed by atoms with Gasteiger partial charge in [0.15, 0.2) is 5.69 Å². The molecule has 0 saturated heterocycles. The molecule has 20 heavy (non-hydrogen) atoms. The highest BCUT2D eigenvalue weighted by atomic mass is 16.5. The number of anilines is 1. The van der Waals surface area contributed by atoms with E-state index in [0.717, 1.165) is 12.0 Å². The first-order valence-electron chi connectivity index (χ1n) is 6.22. The predicted molar refractivity (Wildman–Crippen MR) is 74.0 cm³/mol. The molecular formula is C14H12N4O2. The van der Waals surface area contributed by atoms with Crippen LogP contribution < -0.4 is 5.73 Å². The van der Waals surface area contributed by atoms with Gasteiger partial charge in [-0.25, -0.2) is 9.97 Å². The first-order chi connectivity index (χ1) is 9.63. The highest BCUT2D eigenvalue weighted by Gasteiger charge is 2.40. The topological polar surface area (TPSA) is 94.9 Å². The van der Waals surface area contributed by atoms with Gasteiger partial charge >= 0.3 is 0 Å². The molecule has 2 aromatic rings. The Hall–Kier alpha value is -2.76. The lowest BCUT2D eigenvalue weighted by Crippen LogP contribution is -2.17. The number of carbonyl (C=O) groups is 1. The Morgan fingerprint density at radius 1 is 1.25 bits per heavy atom. The predicted octanol–water partition coefficient (Wildman–Crippen LogP) is 1.45. The van der Waals surface area contributed by atoms with E-state index in [1.165, 1.54) is 6.33 Å². The summed E-state index contributed by atoms with van der Waals surface area (Å²) in [5.74, 6) is -0.410. The number of fused-ring (bicyclic) bond motifs is 1. The quantitative estimate of drug-likeness (QED) is 0.657. The minimum atomic E-state index is -0.423. The normalized spacial score (nSPS) is 13.8. The van der Waals surface area contributed by atoms with E-state index in [9.17, 15) is 10.0 Å². The second kappa shape index (κ2) is 4.41. The summed E-state index contributed by atoms with van der Waals surface area (Å²) in [6.45, 7) is 2.04.